The Morgan fingerprint density at radius 1 is 1.17 bits per heavy atom. The van der Waals surface area contributed by atoms with Gasteiger partial charge >= 0.3 is 0 Å². The van der Waals surface area contributed by atoms with Crippen LogP contribution in [0, 0.1) is 5.92 Å². The van der Waals surface area contributed by atoms with E-state index in [1.807, 2.05) is 0 Å². The topological polar surface area (TPSA) is 57.0 Å². The molecule has 0 bridgehead atoms. The summed E-state index contributed by atoms with van der Waals surface area (Å²) in [6, 6.07) is 0.437. The molecule has 106 valence electrons. The number of likely N-dealkylation sites (tertiary alicyclic amines) is 1. The molecule has 2 saturated heterocycles. The predicted molar refractivity (Wildman–Crippen MR) is 69.6 cm³/mol. The van der Waals surface area contributed by atoms with Crippen LogP contribution in [0.3, 0.4) is 0 Å². The summed E-state index contributed by atoms with van der Waals surface area (Å²) >= 11 is 0. The standard InChI is InChI=1S/C13H26N2O3/c1-16-12-8-15(9-13(12)17-2)11(7-14)10-3-5-18-6-4-10/h10-13H,3-9,14H2,1-2H3. The Kier molecular flexibility index (Phi) is 5.38. The maximum Gasteiger partial charge on any atom is 0.0971 e. The molecule has 2 rings (SSSR count). The Bertz CT molecular complexity index is 234. The molecule has 0 saturated carbocycles. The molecule has 0 spiro atoms. The summed E-state index contributed by atoms with van der Waals surface area (Å²) in [5.74, 6) is 0.650. The molecule has 2 N–H and O–H groups in total. The molecule has 0 aliphatic carbocycles. The summed E-state index contributed by atoms with van der Waals surface area (Å²) in [6.45, 7) is 4.30. The smallest absolute Gasteiger partial charge is 0.0971 e. The quantitative estimate of drug-likeness (QED) is 0.757. The largest absolute Gasteiger partial charge is 0.381 e. The van der Waals surface area contributed by atoms with E-state index in [9.17, 15) is 0 Å². The van der Waals surface area contributed by atoms with Crippen LogP contribution in [0.2, 0.25) is 0 Å². The molecule has 5 nitrogen and oxygen atoms in total. The van der Waals surface area contributed by atoms with Gasteiger partial charge in [0, 0.05) is 53.1 Å². The van der Waals surface area contributed by atoms with Crippen molar-refractivity contribution in [2.75, 3.05) is 47.1 Å². The van der Waals surface area contributed by atoms with Crippen molar-refractivity contribution < 1.29 is 14.2 Å². The van der Waals surface area contributed by atoms with Crippen molar-refractivity contribution in [2.45, 2.75) is 31.1 Å². The predicted octanol–water partition coefficient (Wildman–Crippen LogP) is 0.0859. The molecule has 3 atom stereocenters. The van der Waals surface area contributed by atoms with Crippen LogP contribution in [0.1, 0.15) is 12.8 Å². The zero-order valence-electron chi connectivity index (χ0n) is 11.5. The lowest BCUT2D eigenvalue weighted by atomic mass is 9.91. The van der Waals surface area contributed by atoms with Crippen LogP contribution in [0.25, 0.3) is 0 Å². The number of ether oxygens (including phenoxy) is 3. The normalized spacial score (nSPS) is 32.8. The molecule has 0 aromatic rings. The fraction of sp³-hybridized carbons (Fsp3) is 1.00. The number of nitrogens with two attached hydrogens (primary N) is 1. The molecular formula is C13H26N2O3. The van der Waals surface area contributed by atoms with Gasteiger partial charge < -0.3 is 19.9 Å². The van der Waals surface area contributed by atoms with E-state index in [0.717, 1.165) is 39.1 Å². The number of methoxy groups -OCH3 is 2. The van der Waals surface area contributed by atoms with Crippen LogP contribution < -0.4 is 5.73 Å². The summed E-state index contributed by atoms with van der Waals surface area (Å²) in [5.41, 5.74) is 5.99. The summed E-state index contributed by atoms with van der Waals surface area (Å²) in [4.78, 5) is 2.44. The lowest BCUT2D eigenvalue weighted by Crippen LogP contribution is -2.46. The first-order valence-corrected chi connectivity index (χ1v) is 6.87. The molecule has 0 aromatic heterocycles. The molecule has 2 aliphatic rings. The minimum absolute atomic E-state index is 0.170. The van der Waals surface area contributed by atoms with Gasteiger partial charge in [0.05, 0.1) is 12.2 Å². The van der Waals surface area contributed by atoms with Gasteiger partial charge in [-0.15, -0.1) is 0 Å². The third-order valence-electron chi connectivity index (χ3n) is 4.37. The van der Waals surface area contributed by atoms with E-state index < -0.39 is 0 Å². The first-order chi connectivity index (χ1) is 8.80. The second-order valence-corrected chi connectivity index (χ2v) is 5.26. The highest BCUT2D eigenvalue weighted by Gasteiger charge is 2.38. The summed E-state index contributed by atoms with van der Waals surface area (Å²) in [5, 5.41) is 0. The van der Waals surface area contributed by atoms with Crippen molar-refractivity contribution in [2.24, 2.45) is 11.7 Å². The first kappa shape index (κ1) is 14.2. The van der Waals surface area contributed by atoms with Gasteiger partial charge in [-0.3, -0.25) is 4.90 Å². The van der Waals surface area contributed by atoms with Crippen LogP contribution in [-0.2, 0) is 14.2 Å². The zero-order chi connectivity index (χ0) is 13.0. The highest BCUT2D eigenvalue weighted by atomic mass is 16.5. The van der Waals surface area contributed by atoms with E-state index in [4.69, 9.17) is 19.9 Å². The van der Waals surface area contributed by atoms with Crippen molar-refractivity contribution in [1.29, 1.82) is 0 Å². The van der Waals surface area contributed by atoms with Gasteiger partial charge in [0.1, 0.15) is 0 Å². The molecule has 5 heteroatoms. The van der Waals surface area contributed by atoms with Crippen molar-refractivity contribution in [3.63, 3.8) is 0 Å². The molecule has 2 heterocycles. The second kappa shape index (κ2) is 6.82. The Morgan fingerprint density at radius 3 is 2.17 bits per heavy atom. The van der Waals surface area contributed by atoms with Crippen LogP contribution in [0.4, 0.5) is 0 Å². The zero-order valence-corrected chi connectivity index (χ0v) is 11.5. The Balaban J connectivity index is 1.95. The average Bonchev–Trinajstić information content (AvgIpc) is 2.84. The van der Waals surface area contributed by atoms with Crippen molar-refractivity contribution >= 4 is 0 Å². The Labute approximate surface area is 110 Å². The molecule has 0 amide bonds. The van der Waals surface area contributed by atoms with Crippen LogP contribution in [-0.4, -0.2) is 70.2 Å². The highest BCUT2D eigenvalue weighted by Crippen LogP contribution is 2.26. The number of rotatable bonds is 5. The van der Waals surface area contributed by atoms with Crippen molar-refractivity contribution in [3.05, 3.63) is 0 Å². The van der Waals surface area contributed by atoms with Gasteiger partial charge in [-0.25, -0.2) is 0 Å². The fourth-order valence-corrected chi connectivity index (χ4v) is 3.24. The number of hydrogen-bond donors (Lipinski definition) is 1. The van der Waals surface area contributed by atoms with Gasteiger partial charge in [-0.05, 0) is 18.8 Å². The minimum atomic E-state index is 0.170. The van der Waals surface area contributed by atoms with E-state index in [1.54, 1.807) is 14.2 Å². The fourth-order valence-electron chi connectivity index (χ4n) is 3.24. The average molecular weight is 258 g/mol. The molecule has 2 aliphatic heterocycles. The maximum absolute atomic E-state index is 5.99. The van der Waals surface area contributed by atoms with Crippen molar-refractivity contribution in [3.8, 4) is 0 Å². The van der Waals surface area contributed by atoms with E-state index in [0.29, 0.717) is 18.5 Å². The van der Waals surface area contributed by atoms with Crippen molar-refractivity contribution in [1.82, 2.24) is 4.90 Å². The molecule has 2 fully saturated rings. The molecule has 0 radical (unpaired) electrons. The first-order valence-electron chi connectivity index (χ1n) is 6.87. The summed E-state index contributed by atoms with van der Waals surface area (Å²) in [7, 11) is 3.51. The lowest BCUT2D eigenvalue weighted by molar-refractivity contribution is -0.00461. The molecule has 0 aromatic carbocycles. The third kappa shape index (κ3) is 3.03. The van der Waals surface area contributed by atoms with E-state index in [-0.39, 0.29) is 12.2 Å². The van der Waals surface area contributed by atoms with Crippen LogP contribution in [0.5, 0.6) is 0 Å². The van der Waals surface area contributed by atoms with Gasteiger partial charge in [-0.2, -0.15) is 0 Å². The molecule has 18 heavy (non-hydrogen) atoms. The van der Waals surface area contributed by atoms with Gasteiger partial charge in [0.25, 0.3) is 0 Å². The lowest BCUT2D eigenvalue weighted by Gasteiger charge is -2.35. The Hall–Kier alpha value is -0.200. The van der Waals surface area contributed by atoms with Gasteiger partial charge in [0.15, 0.2) is 0 Å². The monoisotopic (exact) mass is 258 g/mol. The van der Waals surface area contributed by atoms with E-state index >= 15 is 0 Å². The summed E-state index contributed by atoms with van der Waals surface area (Å²) in [6.07, 6.45) is 2.58. The maximum atomic E-state index is 5.99. The molecule has 3 unspecified atom stereocenters. The van der Waals surface area contributed by atoms with Gasteiger partial charge in [-0.1, -0.05) is 0 Å². The third-order valence-corrected chi connectivity index (χ3v) is 4.37. The van der Waals surface area contributed by atoms with Crippen LogP contribution >= 0.6 is 0 Å². The number of hydrogen-bond acceptors (Lipinski definition) is 5. The minimum Gasteiger partial charge on any atom is -0.381 e. The van der Waals surface area contributed by atoms with E-state index in [2.05, 4.69) is 4.90 Å². The Morgan fingerprint density at radius 2 is 1.72 bits per heavy atom. The van der Waals surface area contributed by atoms with Gasteiger partial charge in [0.2, 0.25) is 0 Å². The van der Waals surface area contributed by atoms with Crippen LogP contribution in [0.15, 0.2) is 0 Å². The second-order valence-electron chi connectivity index (χ2n) is 5.26. The number of nitrogens with zero attached hydrogens (tertiary/aromatic N) is 1. The van der Waals surface area contributed by atoms with E-state index in [1.165, 1.54) is 0 Å². The summed E-state index contributed by atoms with van der Waals surface area (Å²) < 4.78 is 16.4. The SMILES string of the molecule is COC1CN(C(CN)C2CCOCC2)CC1OC. The highest BCUT2D eigenvalue weighted by molar-refractivity contribution is 4.92. The molecular weight excluding hydrogens is 232 g/mol.